The van der Waals surface area contributed by atoms with E-state index in [0.29, 0.717) is 12.5 Å². The van der Waals surface area contributed by atoms with Crippen molar-refractivity contribution in [3.8, 4) is 0 Å². The number of carbonyl (C=O) groups excluding carboxylic acids is 1. The first-order valence-electron chi connectivity index (χ1n) is 8.48. The Kier molecular flexibility index (Phi) is 11.3. The SMILES string of the molecule is CC(N)C(C)C(=O)Nc1cccc(CN2CCC(CO)CC2)c1.Cl.Cl. The summed E-state index contributed by atoms with van der Waals surface area (Å²) in [6.45, 7) is 6.90. The van der Waals surface area contributed by atoms with Crippen molar-refractivity contribution in [2.75, 3.05) is 25.0 Å². The monoisotopic (exact) mass is 391 g/mol. The van der Waals surface area contributed by atoms with Crippen molar-refractivity contribution in [1.82, 2.24) is 4.90 Å². The lowest BCUT2D eigenvalue weighted by Gasteiger charge is -2.31. The van der Waals surface area contributed by atoms with Crippen LogP contribution in [0.3, 0.4) is 0 Å². The third-order valence-corrected chi connectivity index (χ3v) is 4.77. The predicted octanol–water partition coefficient (Wildman–Crippen LogP) is 2.66. The summed E-state index contributed by atoms with van der Waals surface area (Å²) in [6, 6.07) is 7.84. The quantitative estimate of drug-likeness (QED) is 0.696. The van der Waals surface area contributed by atoms with Crippen molar-refractivity contribution < 1.29 is 9.90 Å². The van der Waals surface area contributed by atoms with Crippen LogP contribution in [0.25, 0.3) is 0 Å². The maximum Gasteiger partial charge on any atom is 0.228 e. The Bertz CT molecular complexity index is 521. The number of aliphatic hydroxyl groups is 1. The van der Waals surface area contributed by atoms with E-state index in [-0.39, 0.29) is 42.7 Å². The zero-order valence-corrected chi connectivity index (χ0v) is 16.6. The molecule has 1 aliphatic heterocycles. The number of anilines is 1. The Morgan fingerprint density at radius 1 is 1.32 bits per heavy atom. The van der Waals surface area contributed by atoms with Crippen molar-refractivity contribution in [3.63, 3.8) is 0 Å². The molecular formula is C18H31Cl2N3O2. The van der Waals surface area contributed by atoms with Crippen molar-refractivity contribution >= 4 is 36.4 Å². The molecule has 0 aliphatic carbocycles. The van der Waals surface area contributed by atoms with E-state index in [1.54, 1.807) is 0 Å². The minimum atomic E-state index is -0.212. The molecular weight excluding hydrogens is 361 g/mol. The highest BCUT2D eigenvalue weighted by molar-refractivity contribution is 5.92. The van der Waals surface area contributed by atoms with E-state index < -0.39 is 0 Å². The molecule has 2 rings (SSSR count). The summed E-state index contributed by atoms with van der Waals surface area (Å²) in [5, 5.41) is 12.1. The number of piperidine rings is 1. The van der Waals surface area contributed by atoms with Crippen LogP contribution in [0.2, 0.25) is 0 Å². The van der Waals surface area contributed by atoms with Crippen LogP contribution < -0.4 is 11.1 Å². The summed E-state index contributed by atoms with van der Waals surface area (Å²) in [6.07, 6.45) is 2.11. The maximum absolute atomic E-state index is 12.1. The first-order chi connectivity index (χ1) is 11.0. The zero-order chi connectivity index (χ0) is 16.8. The van der Waals surface area contributed by atoms with Gasteiger partial charge in [0.1, 0.15) is 0 Å². The number of halogens is 2. The number of amides is 1. The van der Waals surface area contributed by atoms with E-state index in [1.165, 1.54) is 5.56 Å². The van der Waals surface area contributed by atoms with E-state index in [2.05, 4.69) is 16.3 Å². The molecule has 1 fully saturated rings. The molecule has 2 unspecified atom stereocenters. The third kappa shape index (κ3) is 7.50. The molecule has 0 spiro atoms. The van der Waals surface area contributed by atoms with Crippen LogP contribution in [0, 0.1) is 11.8 Å². The van der Waals surface area contributed by atoms with Gasteiger partial charge in [-0.05, 0) is 56.5 Å². The average Bonchev–Trinajstić information content (AvgIpc) is 2.55. The van der Waals surface area contributed by atoms with Crippen LogP contribution in [0.5, 0.6) is 0 Å². The van der Waals surface area contributed by atoms with Gasteiger partial charge in [0.2, 0.25) is 5.91 Å². The topological polar surface area (TPSA) is 78.6 Å². The lowest BCUT2D eigenvalue weighted by Crippen LogP contribution is -2.34. The highest BCUT2D eigenvalue weighted by atomic mass is 35.5. The highest BCUT2D eigenvalue weighted by Gasteiger charge is 2.19. The van der Waals surface area contributed by atoms with Gasteiger partial charge in [0.25, 0.3) is 0 Å². The van der Waals surface area contributed by atoms with Crippen LogP contribution in [0.4, 0.5) is 5.69 Å². The number of nitrogens with zero attached hydrogens (tertiary/aromatic N) is 1. The maximum atomic E-state index is 12.1. The molecule has 5 nitrogen and oxygen atoms in total. The Balaban J connectivity index is 0.00000288. The molecule has 7 heteroatoms. The number of likely N-dealkylation sites (tertiary alicyclic amines) is 1. The van der Waals surface area contributed by atoms with Crippen LogP contribution in [-0.2, 0) is 11.3 Å². The number of nitrogens with one attached hydrogen (secondary N) is 1. The fraction of sp³-hybridized carbons (Fsp3) is 0.611. The van der Waals surface area contributed by atoms with Gasteiger partial charge in [0.15, 0.2) is 0 Å². The second-order valence-electron chi connectivity index (χ2n) is 6.74. The predicted molar refractivity (Wildman–Crippen MR) is 107 cm³/mol. The van der Waals surface area contributed by atoms with Gasteiger partial charge in [0, 0.05) is 24.9 Å². The van der Waals surface area contributed by atoms with Gasteiger partial charge in [-0.15, -0.1) is 24.8 Å². The molecule has 25 heavy (non-hydrogen) atoms. The molecule has 1 saturated heterocycles. The number of nitrogens with two attached hydrogens (primary N) is 1. The molecule has 1 aromatic rings. The molecule has 0 aromatic heterocycles. The lowest BCUT2D eigenvalue weighted by atomic mass is 9.97. The molecule has 1 heterocycles. The van der Waals surface area contributed by atoms with E-state index in [9.17, 15) is 9.90 Å². The van der Waals surface area contributed by atoms with Crippen LogP contribution in [0.15, 0.2) is 24.3 Å². The molecule has 4 N–H and O–H groups in total. The first-order valence-corrected chi connectivity index (χ1v) is 8.48. The second kappa shape index (κ2) is 11.7. The second-order valence-corrected chi connectivity index (χ2v) is 6.74. The Labute approximate surface area is 163 Å². The number of carbonyl (C=O) groups is 1. The standard InChI is InChI=1S/C18H29N3O2.2ClH/c1-13(14(2)19)18(23)20-17-5-3-4-16(10-17)11-21-8-6-15(12-22)7-9-21;;/h3-5,10,13-15,22H,6-9,11-12,19H2,1-2H3,(H,20,23);2*1H. The minimum Gasteiger partial charge on any atom is -0.396 e. The van der Waals surface area contributed by atoms with Crippen molar-refractivity contribution in [3.05, 3.63) is 29.8 Å². The summed E-state index contributed by atoms with van der Waals surface area (Å²) >= 11 is 0. The average molecular weight is 392 g/mol. The van der Waals surface area contributed by atoms with Gasteiger partial charge in [-0.3, -0.25) is 9.69 Å². The minimum absolute atomic E-state index is 0. The van der Waals surface area contributed by atoms with E-state index >= 15 is 0 Å². The highest BCUT2D eigenvalue weighted by Crippen LogP contribution is 2.20. The van der Waals surface area contributed by atoms with Crippen LogP contribution >= 0.6 is 24.8 Å². The summed E-state index contributed by atoms with van der Waals surface area (Å²) in [5.41, 5.74) is 7.80. The molecule has 0 saturated carbocycles. The van der Waals surface area contributed by atoms with Crippen LogP contribution in [-0.4, -0.2) is 41.7 Å². The zero-order valence-electron chi connectivity index (χ0n) is 15.0. The lowest BCUT2D eigenvalue weighted by molar-refractivity contribution is -0.119. The van der Waals surface area contributed by atoms with Crippen LogP contribution in [0.1, 0.15) is 32.3 Å². The number of hydrogen-bond acceptors (Lipinski definition) is 4. The molecule has 0 bridgehead atoms. The third-order valence-electron chi connectivity index (χ3n) is 4.77. The molecule has 1 aromatic carbocycles. The number of hydrogen-bond donors (Lipinski definition) is 3. The Hall–Kier alpha value is -0.850. The molecule has 2 atom stereocenters. The van der Waals surface area contributed by atoms with E-state index in [4.69, 9.17) is 5.73 Å². The fourth-order valence-corrected chi connectivity index (χ4v) is 2.83. The van der Waals surface area contributed by atoms with E-state index in [1.807, 2.05) is 32.0 Å². The van der Waals surface area contributed by atoms with Crippen molar-refractivity contribution in [2.24, 2.45) is 17.6 Å². The van der Waals surface area contributed by atoms with Gasteiger partial charge in [-0.1, -0.05) is 19.1 Å². The van der Waals surface area contributed by atoms with Crippen molar-refractivity contribution in [2.45, 2.75) is 39.3 Å². The number of benzene rings is 1. The summed E-state index contributed by atoms with van der Waals surface area (Å²) in [5.74, 6) is 0.202. The van der Waals surface area contributed by atoms with Gasteiger partial charge in [-0.2, -0.15) is 0 Å². The molecule has 0 radical (unpaired) electrons. The first kappa shape index (κ1) is 24.1. The normalized spacial score (nSPS) is 17.8. The smallest absolute Gasteiger partial charge is 0.228 e. The molecule has 1 aliphatic rings. The molecule has 1 amide bonds. The van der Waals surface area contributed by atoms with Crippen molar-refractivity contribution in [1.29, 1.82) is 0 Å². The summed E-state index contributed by atoms with van der Waals surface area (Å²) in [7, 11) is 0. The van der Waals surface area contributed by atoms with Gasteiger partial charge in [-0.25, -0.2) is 0 Å². The Morgan fingerprint density at radius 3 is 2.52 bits per heavy atom. The largest absolute Gasteiger partial charge is 0.396 e. The van der Waals surface area contributed by atoms with Gasteiger partial charge >= 0.3 is 0 Å². The Morgan fingerprint density at radius 2 is 1.96 bits per heavy atom. The fourth-order valence-electron chi connectivity index (χ4n) is 2.83. The molecule has 144 valence electrons. The van der Waals surface area contributed by atoms with Gasteiger partial charge < -0.3 is 16.2 Å². The number of aliphatic hydroxyl groups excluding tert-OH is 1. The summed E-state index contributed by atoms with van der Waals surface area (Å²) in [4.78, 5) is 14.5. The van der Waals surface area contributed by atoms with Gasteiger partial charge in [0.05, 0.1) is 5.92 Å². The summed E-state index contributed by atoms with van der Waals surface area (Å²) < 4.78 is 0. The number of rotatable bonds is 6. The van der Waals surface area contributed by atoms with E-state index in [0.717, 1.165) is 38.2 Å².